The quantitative estimate of drug-likeness (QED) is 0.939. The molecule has 0 spiro atoms. The Morgan fingerprint density at radius 1 is 1.31 bits per heavy atom. The van der Waals surface area contributed by atoms with Crippen LogP contribution in [0.4, 0.5) is 0 Å². The summed E-state index contributed by atoms with van der Waals surface area (Å²) in [6, 6.07) is 8.16. The maximum atomic E-state index is 5.54. The highest BCUT2D eigenvalue weighted by molar-refractivity contribution is 9.10. The summed E-state index contributed by atoms with van der Waals surface area (Å²) in [7, 11) is 0. The maximum Gasteiger partial charge on any atom is 0.0571 e. The van der Waals surface area contributed by atoms with Gasteiger partial charge in [-0.1, -0.05) is 34.1 Å². The lowest BCUT2D eigenvalue weighted by atomic mass is 10.1. The van der Waals surface area contributed by atoms with Crippen LogP contribution in [-0.4, -0.2) is 16.3 Å². The van der Waals surface area contributed by atoms with Crippen molar-refractivity contribution < 1.29 is 0 Å². The van der Waals surface area contributed by atoms with Crippen LogP contribution in [0.5, 0.6) is 0 Å². The molecule has 1 aromatic carbocycles. The fourth-order valence-corrected chi connectivity index (χ4v) is 2.24. The number of rotatable bonds is 3. The second-order valence-electron chi connectivity index (χ2n) is 3.64. The lowest BCUT2D eigenvalue weighted by molar-refractivity contribution is 0.608. The molecule has 0 bridgehead atoms. The smallest absolute Gasteiger partial charge is 0.0571 e. The monoisotopic (exact) mass is 279 g/mol. The number of hydrogen-bond donors (Lipinski definition) is 1. The van der Waals surface area contributed by atoms with Crippen LogP contribution in [0.3, 0.4) is 0 Å². The fourth-order valence-electron chi connectivity index (χ4n) is 1.74. The van der Waals surface area contributed by atoms with E-state index in [1.54, 1.807) is 0 Å². The van der Waals surface area contributed by atoms with E-state index in [0.29, 0.717) is 6.54 Å². The Balaban J connectivity index is 2.45. The van der Waals surface area contributed by atoms with Crippen LogP contribution in [0.2, 0.25) is 0 Å². The SMILES string of the molecule is Cc1c(-c2ccccc2Br)cnn1CCN. The van der Waals surface area contributed by atoms with Crippen molar-refractivity contribution in [2.75, 3.05) is 6.54 Å². The number of aromatic nitrogens is 2. The van der Waals surface area contributed by atoms with Crippen molar-refractivity contribution in [2.45, 2.75) is 13.5 Å². The molecule has 3 nitrogen and oxygen atoms in total. The Morgan fingerprint density at radius 3 is 2.75 bits per heavy atom. The molecule has 2 aromatic rings. The number of hydrogen-bond acceptors (Lipinski definition) is 2. The molecule has 0 aliphatic heterocycles. The van der Waals surface area contributed by atoms with Crippen molar-refractivity contribution in [1.29, 1.82) is 0 Å². The number of nitrogens with two attached hydrogens (primary N) is 1. The molecule has 16 heavy (non-hydrogen) atoms. The topological polar surface area (TPSA) is 43.8 Å². The van der Waals surface area contributed by atoms with Crippen LogP contribution >= 0.6 is 15.9 Å². The minimum atomic E-state index is 0.609. The summed E-state index contributed by atoms with van der Waals surface area (Å²) in [6.07, 6.45) is 1.89. The molecule has 0 amide bonds. The van der Waals surface area contributed by atoms with Crippen molar-refractivity contribution in [3.63, 3.8) is 0 Å². The molecule has 4 heteroatoms. The van der Waals surface area contributed by atoms with Crippen LogP contribution in [0.1, 0.15) is 5.69 Å². The van der Waals surface area contributed by atoms with E-state index in [0.717, 1.165) is 22.3 Å². The highest BCUT2D eigenvalue weighted by atomic mass is 79.9. The van der Waals surface area contributed by atoms with Crippen molar-refractivity contribution in [3.8, 4) is 11.1 Å². The first kappa shape index (κ1) is 11.4. The van der Waals surface area contributed by atoms with E-state index in [1.807, 2.05) is 29.1 Å². The Morgan fingerprint density at radius 2 is 2.06 bits per heavy atom. The molecule has 0 aliphatic carbocycles. The third-order valence-electron chi connectivity index (χ3n) is 2.61. The zero-order chi connectivity index (χ0) is 11.5. The molecule has 2 N–H and O–H groups in total. The summed E-state index contributed by atoms with van der Waals surface area (Å²) in [4.78, 5) is 0. The van der Waals surface area contributed by atoms with Gasteiger partial charge in [0.15, 0.2) is 0 Å². The van der Waals surface area contributed by atoms with Gasteiger partial charge >= 0.3 is 0 Å². The first-order valence-electron chi connectivity index (χ1n) is 5.21. The van der Waals surface area contributed by atoms with E-state index < -0.39 is 0 Å². The van der Waals surface area contributed by atoms with Crippen LogP contribution in [0, 0.1) is 6.92 Å². The lowest BCUT2D eigenvalue weighted by Gasteiger charge is -2.05. The molecule has 0 atom stereocenters. The summed E-state index contributed by atoms with van der Waals surface area (Å²) in [5, 5.41) is 4.34. The minimum Gasteiger partial charge on any atom is -0.329 e. The summed E-state index contributed by atoms with van der Waals surface area (Å²) in [5.74, 6) is 0. The van der Waals surface area contributed by atoms with Crippen molar-refractivity contribution >= 4 is 15.9 Å². The Kier molecular flexibility index (Phi) is 3.41. The predicted molar refractivity (Wildman–Crippen MR) is 69.2 cm³/mol. The highest BCUT2D eigenvalue weighted by Gasteiger charge is 2.10. The van der Waals surface area contributed by atoms with Crippen LogP contribution < -0.4 is 5.73 Å². The average Bonchev–Trinajstić information content (AvgIpc) is 2.62. The third kappa shape index (κ3) is 2.03. The standard InChI is InChI=1S/C12H14BrN3/c1-9-11(8-15-16(9)7-6-14)10-4-2-3-5-12(10)13/h2-5,8H,6-7,14H2,1H3. The summed E-state index contributed by atoms with van der Waals surface area (Å²) in [6.45, 7) is 3.44. The van der Waals surface area contributed by atoms with Gasteiger partial charge in [-0.3, -0.25) is 4.68 Å². The average molecular weight is 280 g/mol. The number of halogens is 1. The van der Waals surface area contributed by atoms with E-state index in [1.165, 1.54) is 5.56 Å². The molecule has 0 fully saturated rings. The zero-order valence-corrected chi connectivity index (χ0v) is 10.7. The Labute approximate surface area is 103 Å². The van der Waals surface area contributed by atoms with Gasteiger partial charge in [0.05, 0.1) is 12.7 Å². The maximum absolute atomic E-state index is 5.54. The largest absolute Gasteiger partial charge is 0.329 e. The molecular weight excluding hydrogens is 266 g/mol. The van der Waals surface area contributed by atoms with Gasteiger partial charge in [0, 0.05) is 22.3 Å². The first-order chi connectivity index (χ1) is 7.74. The summed E-state index contributed by atoms with van der Waals surface area (Å²) >= 11 is 3.55. The van der Waals surface area contributed by atoms with Crippen molar-refractivity contribution in [2.24, 2.45) is 5.73 Å². The number of nitrogens with zero attached hydrogens (tertiary/aromatic N) is 2. The second-order valence-corrected chi connectivity index (χ2v) is 4.49. The van der Waals surface area contributed by atoms with Gasteiger partial charge in [-0.05, 0) is 18.6 Å². The van der Waals surface area contributed by atoms with Crippen LogP contribution in [0.15, 0.2) is 34.9 Å². The van der Waals surface area contributed by atoms with Gasteiger partial charge in [-0.2, -0.15) is 5.10 Å². The molecule has 1 aromatic heterocycles. The van der Waals surface area contributed by atoms with Gasteiger partial charge in [-0.25, -0.2) is 0 Å². The van der Waals surface area contributed by atoms with Gasteiger partial charge < -0.3 is 5.73 Å². The molecule has 1 heterocycles. The van der Waals surface area contributed by atoms with Crippen molar-refractivity contribution in [1.82, 2.24) is 9.78 Å². The van der Waals surface area contributed by atoms with E-state index in [-0.39, 0.29) is 0 Å². The lowest BCUT2D eigenvalue weighted by Crippen LogP contribution is -2.12. The Hall–Kier alpha value is -1.13. The van der Waals surface area contributed by atoms with Gasteiger partial charge in [0.1, 0.15) is 0 Å². The highest BCUT2D eigenvalue weighted by Crippen LogP contribution is 2.29. The molecule has 2 rings (SSSR count). The molecule has 0 unspecified atom stereocenters. The van der Waals surface area contributed by atoms with Gasteiger partial charge in [-0.15, -0.1) is 0 Å². The molecule has 0 saturated heterocycles. The Bertz CT molecular complexity index is 491. The molecular formula is C12H14BrN3. The second kappa shape index (κ2) is 4.80. The first-order valence-corrected chi connectivity index (χ1v) is 6.00. The summed E-state index contributed by atoms with van der Waals surface area (Å²) in [5.41, 5.74) is 9.01. The van der Waals surface area contributed by atoms with E-state index in [9.17, 15) is 0 Å². The predicted octanol–water partition coefficient (Wildman–Crippen LogP) is 2.58. The summed E-state index contributed by atoms with van der Waals surface area (Å²) < 4.78 is 3.03. The normalized spacial score (nSPS) is 10.7. The molecule has 84 valence electrons. The van der Waals surface area contributed by atoms with Crippen molar-refractivity contribution in [3.05, 3.63) is 40.6 Å². The van der Waals surface area contributed by atoms with Crippen LogP contribution in [0.25, 0.3) is 11.1 Å². The van der Waals surface area contributed by atoms with Gasteiger partial charge in [0.25, 0.3) is 0 Å². The number of benzene rings is 1. The molecule has 0 radical (unpaired) electrons. The van der Waals surface area contributed by atoms with Crippen LogP contribution in [-0.2, 0) is 6.54 Å². The molecule has 0 aliphatic rings. The van der Waals surface area contributed by atoms with Gasteiger partial charge in [0.2, 0.25) is 0 Å². The minimum absolute atomic E-state index is 0.609. The van der Waals surface area contributed by atoms with E-state index in [2.05, 4.69) is 34.0 Å². The third-order valence-corrected chi connectivity index (χ3v) is 3.30. The van der Waals surface area contributed by atoms with E-state index in [4.69, 9.17) is 5.73 Å². The zero-order valence-electron chi connectivity index (χ0n) is 9.15. The molecule has 0 saturated carbocycles. The van der Waals surface area contributed by atoms with E-state index >= 15 is 0 Å². The fraction of sp³-hybridized carbons (Fsp3) is 0.250.